The minimum absolute atomic E-state index is 0.140. The van der Waals surface area contributed by atoms with E-state index in [1.165, 1.54) is 0 Å². The quantitative estimate of drug-likeness (QED) is 0.784. The largest absolute Gasteiger partial charge is 0.393 e. The maximum Gasteiger partial charge on any atom is 0.271 e. The number of aliphatic imine (C=N–C) groups is 1. The summed E-state index contributed by atoms with van der Waals surface area (Å²) in [5, 5.41) is 0.329. The summed E-state index contributed by atoms with van der Waals surface area (Å²) in [5.74, 6) is -0.140. The fourth-order valence-electron chi connectivity index (χ4n) is 2.56. The number of amides is 1. The van der Waals surface area contributed by atoms with Gasteiger partial charge in [0.25, 0.3) is 5.91 Å². The molecule has 0 bridgehead atoms. The normalized spacial score (nSPS) is 21.4. The Morgan fingerprint density at radius 2 is 2.24 bits per heavy atom. The molecule has 0 saturated heterocycles. The second-order valence-electron chi connectivity index (χ2n) is 5.88. The number of hydrogen-bond acceptors (Lipinski definition) is 4. The Kier molecular flexibility index (Phi) is 5.65. The van der Waals surface area contributed by atoms with E-state index in [2.05, 4.69) is 16.8 Å². The summed E-state index contributed by atoms with van der Waals surface area (Å²) < 4.78 is 0. The Labute approximate surface area is 131 Å². The Morgan fingerprint density at radius 3 is 2.86 bits per heavy atom. The maximum absolute atomic E-state index is 12.6. The molecule has 1 fully saturated rings. The highest BCUT2D eigenvalue weighted by atomic mass is 35.5. The minimum atomic E-state index is -0.140. The molecule has 118 valence electrons. The summed E-state index contributed by atoms with van der Waals surface area (Å²) in [7, 11) is 2.02. The number of carbonyl (C=O) groups is 1. The second-order valence-corrected chi connectivity index (χ2v) is 6.26. The second kappa shape index (κ2) is 7.27. The lowest BCUT2D eigenvalue weighted by Crippen LogP contribution is -2.38. The molecule has 1 heterocycles. The summed E-state index contributed by atoms with van der Waals surface area (Å²) in [5.41, 5.74) is 6.92. The lowest BCUT2D eigenvalue weighted by atomic mass is 10.2. The number of nitrogens with two attached hydrogens (primary N) is 1. The van der Waals surface area contributed by atoms with Gasteiger partial charge in [0.05, 0.1) is 10.7 Å². The Balaban J connectivity index is 2.15. The van der Waals surface area contributed by atoms with Gasteiger partial charge in [-0.2, -0.15) is 0 Å². The smallest absolute Gasteiger partial charge is 0.271 e. The van der Waals surface area contributed by atoms with Crippen molar-refractivity contribution in [1.82, 2.24) is 9.80 Å². The number of carbonyl (C=O) groups excluding carboxylic acids is 1. The van der Waals surface area contributed by atoms with E-state index in [-0.39, 0.29) is 11.6 Å². The number of halogens is 1. The Morgan fingerprint density at radius 1 is 1.52 bits per heavy atom. The van der Waals surface area contributed by atoms with Gasteiger partial charge in [0, 0.05) is 32.2 Å². The molecule has 2 N–H and O–H groups in total. The van der Waals surface area contributed by atoms with Gasteiger partial charge < -0.3 is 15.5 Å². The number of nitrogens with zero attached hydrogens (tertiary/aromatic N) is 3. The Hall–Kier alpha value is -1.07. The molecule has 0 aromatic rings. The molecule has 0 aromatic carbocycles. The SMILES string of the molecule is CCCN(C(=O)/C(N)=C(\Cl)C1=NCCCN(C)C1)C1CC1. The van der Waals surface area contributed by atoms with Crippen molar-refractivity contribution < 1.29 is 4.79 Å². The zero-order valence-corrected chi connectivity index (χ0v) is 13.7. The van der Waals surface area contributed by atoms with Gasteiger partial charge in [0.15, 0.2) is 0 Å². The zero-order chi connectivity index (χ0) is 15.4. The fraction of sp³-hybridized carbons (Fsp3) is 0.733. The molecule has 0 radical (unpaired) electrons. The van der Waals surface area contributed by atoms with Crippen LogP contribution in [-0.4, -0.2) is 60.7 Å². The molecule has 1 aliphatic carbocycles. The first-order valence-corrected chi connectivity index (χ1v) is 8.10. The van der Waals surface area contributed by atoms with Crippen LogP contribution in [0.3, 0.4) is 0 Å². The number of rotatable bonds is 5. The lowest BCUT2D eigenvalue weighted by Gasteiger charge is -2.23. The lowest BCUT2D eigenvalue weighted by molar-refractivity contribution is -0.127. The summed E-state index contributed by atoms with van der Waals surface area (Å²) in [4.78, 5) is 21.0. The third-order valence-electron chi connectivity index (χ3n) is 3.85. The van der Waals surface area contributed by atoms with Crippen LogP contribution in [0.5, 0.6) is 0 Å². The van der Waals surface area contributed by atoms with Crippen molar-refractivity contribution in [2.45, 2.75) is 38.6 Å². The van der Waals surface area contributed by atoms with Gasteiger partial charge in [-0.25, -0.2) is 0 Å². The predicted molar refractivity (Wildman–Crippen MR) is 86.5 cm³/mol. The standard InChI is InChI=1S/C15H25ClN4O/c1-3-8-20(11-5-6-11)15(21)14(17)13(16)12-10-19(2)9-4-7-18-12/h11H,3-10,17H2,1-2H3/b14-13+. The maximum atomic E-state index is 12.6. The van der Waals surface area contributed by atoms with E-state index >= 15 is 0 Å². The Bertz CT molecular complexity index is 457. The molecule has 1 amide bonds. The molecule has 0 aromatic heterocycles. The highest BCUT2D eigenvalue weighted by Gasteiger charge is 2.33. The van der Waals surface area contributed by atoms with E-state index in [0.29, 0.717) is 17.6 Å². The summed E-state index contributed by atoms with van der Waals surface area (Å²) >= 11 is 6.36. The molecular formula is C15H25ClN4O. The van der Waals surface area contributed by atoms with Crippen LogP contribution in [0.1, 0.15) is 32.6 Å². The van der Waals surface area contributed by atoms with Crippen LogP contribution >= 0.6 is 11.6 Å². The van der Waals surface area contributed by atoms with Gasteiger partial charge in [-0.15, -0.1) is 0 Å². The third kappa shape index (κ3) is 4.20. The van der Waals surface area contributed by atoms with Gasteiger partial charge >= 0.3 is 0 Å². The van der Waals surface area contributed by atoms with Crippen LogP contribution in [0.4, 0.5) is 0 Å². The van der Waals surface area contributed by atoms with Crippen molar-refractivity contribution in [3.8, 4) is 0 Å². The average Bonchev–Trinajstić information content (AvgIpc) is 3.30. The van der Waals surface area contributed by atoms with Crippen LogP contribution in [0.25, 0.3) is 0 Å². The first kappa shape index (κ1) is 16.3. The van der Waals surface area contributed by atoms with Gasteiger partial charge in [-0.3, -0.25) is 9.79 Å². The van der Waals surface area contributed by atoms with Gasteiger partial charge in [-0.1, -0.05) is 18.5 Å². The molecule has 5 nitrogen and oxygen atoms in total. The average molecular weight is 313 g/mol. The highest BCUT2D eigenvalue weighted by molar-refractivity contribution is 6.45. The molecule has 2 rings (SSSR count). The van der Waals surface area contributed by atoms with Crippen LogP contribution in [0, 0.1) is 0 Å². The predicted octanol–water partition coefficient (Wildman–Crippen LogP) is 1.57. The minimum Gasteiger partial charge on any atom is -0.393 e. The number of hydrogen-bond donors (Lipinski definition) is 1. The van der Waals surface area contributed by atoms with E-state index < -0.39 is 0 Å². The zero-order valence-electron chi connectivity index (χ0n) is 12.9. The molecule has 1 saturated carbocycles. The first-order chi connectivity index (χ1) is 10.0. The van der Waals surface area contributed by atoms with Crippen LogP contribution in [0.2, 0.25) is 0 Å². The van der Waals surface area contributed by atoms with Gasteiger partial charge in [0.2, 0.25) is 0 Å². The van der Waals surface area contributed by atoms with E-state index in [9.17, 15) is 4.79 Å². The van der Waals surface area contributed by atoms with E-state index in [4.69, 9.17) is 17.3 Å². The summed E-state index contributed by atoms with van der Waals surface area (Å²) in [6.07, 6.45) is 4.07. The third-order valence-corrected chi connectivity index (χ3v) is 4.28. The van der Waals surface area contributed by atoms with Crippen LogP contribution in [0.15, 0.2) is 15.7 Å². The van der Waals surface area contributed by atoms with Crippen molar-refractivity contribution in [3.05, 3.63) is 10.7 Å². The molecule has 1 aliphatic heterocycles. The van der Waals surface area contributed by atoms with Gasteiger partial charge in [-0.05, 0) is 32.7 Å². The van der Waals surface area contributed by atoms with Crippen molar-refractivity contribution in [1.29, 1.82) is 0 Å². The summed E-state index contributed by atoms with van der Waals surface area (Å²) in [6, 6.07) is 0.346. The van der Waals surface area contributed by atoms with E-state index in [1.54, 1.807) is 0 Å². The van der Waals surface area contributed by atoms with Gasteiger partial charge in [0.1, 0.15) is 5.70 Å². The van der Waals surface area contributed by atoms with Crippen molar-refractivity contribution >= 4 is 23.2 Å². The van der Waals surface area contributed by atoms with Crippen LogP contribution < -0.4 is 5.73 Å². The highest BCUT2D eigenvalue weighted by Crippen LogP contribution is 2.28. The molecule has 2 aliphatic rings. The molecule has 0 spiro atoms. The topological polar surface area (TPSA) is 61.9 Å². The molecule has 6 heteroatoms. The van der Waals surface area contributed by atoms with E-state index in [1.807, 2.05) is 11.9 Å². The monoisotopic (exact) mass is 312 g/mol. The molecule has 0 unspecified atom stereocenters. The first-order valence-electron chi connectivity index (χ1n) is 7.73. The molecule has 0 atom stereocenters. The summed E-state index contributed by atoms with van der Waals surface area (Å²) in [6.45, 7) is 5.16. The van der Waals surface area contributed by atoms with Crippen molar-refractivity contribution in [2.75, 3.05) is 33.2 Å². The molecular weight excluding hydrogens is 288 g/mol. The molecule has 21 heavy (non-hydrogen) atoms. The van der Waals surface area contributed by atoms with E-state index in [0.717, 1.165) is 51.0 Å². The fourth-order valence-corrected chi connectivity index (χ4v) is 2.76. The van der Waals surface area contributed by atoms with Crippen LogP contribution in [-0.2, 0) is 4.79 Å². The van der Waals surface area contributed by atoms with Crippen molar-refractivity contribution in [2.24, 2.45) is 10.7 Å². The van der Waals surface area contributed by atoms with Crippen molar-refractivity contribution in [3.63, 3.8) is 0 Å².